The number of carbonyl (C=O) groups excluding carboxylic acids is 1. The minimum absolute atomic E-state index is 0.0331. The third kappa shape index (κ3) is 6.55. The summed E-state index contributed by atoms with van der Waals surface area (Å²) in [7, 11) is 0. The molecule has 0 aromatic heterocycles. The largest absolute Gasteiger partial charge is 0.394 e. The lowest BCUT2D eigenvalue weighted by Gasteiger charge is -2.17. The van der Waals surface area contributed by atoms with Gasteiger partial charge in [-0.1, -0.05) is 41.9 Å². The van der Waals surface area contributed by atoms with Crippen molar-refractivity contribution in [3.63, 3.8) is 0 Å². The van der Waals surface area contributed by atoms with E-state index in [1.165, 1.54) is 6.08 Å². The maximum atomic E-state index is 11.7. The first-order valence-corrected chi connectivity index (χ1v) is 7.15. The van der Waals surface area contributed by atoms with Gasteiger partial charge in [-0.3, -0.25) is 4.79 Å². The van der Waals surface area contributed by atoms with E-state index in [9.17, 15) is 9.90 Å². The number of aliphatic hydroxyl groups excluding tert-OH is 1. The molecule has 1 aromatic rings. The first-order chi connectivity index (χ1) is 9.01. The summed E-state index contributed by atoms with van der Waals surface area (Å²) in [6.45, 7) is 4.09. The average molecular weight is 326 g/mol. The van der Waals surface area contributed by atoms with Crippen LogP contribution in [0.1, 0.15) is 25.8 Å². The molecule has 1 rings (SSSR count). The summed E-state index contributed by atoms with van der Waals surface area (Å²) in [5, 5.41) is 12.0. The molecule has 104 valence electrons. The summed E-state index contributed by atoms with van der Waals surface area (Å²) in [5.41, 5.74) is 0.953. The number of hydrogen-bond acceptors (Lipinski definition) is 2. The van der Waals surface area contributed by atoms with Gasteiger partial charge >= 0.3 is 0 Å². The van der Waals surface area contributed by atoms with Crippen LogP contribution in [0.3, 0.4) is 0 Å². The molecule has 19 heavy (non-hydrogen) atoms. The van der Waals surface area contributed by atoms with E-state index in [-0.39, 0.29) is 18.6 Å². The number of nitrogens with one attached hydrogen (secondary N) is 1. The van der Waals surface area contributed by atoms with Gasteiger partial charge in [-0.25, -0.2) is 0 Å². The lowest BCUT2D eigenvalue weighted by Crippen LogP contribution is -2.37. The molecule has 0 spiro atoms. The third-order valence-corrected chi connectivity index (χ3v) is 3.09. The van der Waals surface area contributed by atoms with Gasteiger partial charge in [-0.15, -0.1) is 0 Å². The molecule has 0 fully saturated rings. The van der Waals surface area contributed by atoms with Gasteiger partial charge in [0.1, 0.15) is 0 Å². The van der Waals surface area contributed by atoms with E-state index in [0.717, 1.165) is 16.5 Å². The van der Waals surface area contributed by atoms with Crippen molar-refractivity contribution in [1.82, 2.24) is 5.32 Å². The second kappa shape index (κ2) is 8.12. The van der Waals surface area contributed by atoms with Gasteiger partial charge < -0.3 is 10.4 Å². The van der Waals surface area contributed by atoms with Crippen molar-refractivity contribution in [3.8, 4) is 0 Å². The smallest absolute Gasteiger partial charge is 0.244 e. The number of amides is 1. The molecule has 1 aromatic carbocycles. The lowest BCUT2D eigenvalue weighted by molar-refractivity contribution is -0.117. The van der Waals surface area contributed by atoms with E-state index in [4.69, 9.17) is 0 Å². The Morgan fingerprint density at radius 3 is 2.79 bits per heavy atom. The maximum Gasteiger partial charge on any atom is 0.244 e. The number of carbonyl (C=O) groups is 1. The van der Waals surface area contributed by atoms with Gasteiger partial charge in [-0.2, -0.15) is 0 Å². The molecule has 0 aliphatic heterocycles. The summed E-state index contributed by atoms with van der Waals surface area (Å²) < 4.78 is 0.975. The average Bonchev–Trinajstić information content (AvgIpc) is 2.35. The van der Waals surface area contributed by atoms with Crippen molar-refractivity contribution >= 4 is 27.9 Å². The molecule has 0 bridgehead atoms. The van der Waals surface area contributed by atoms with Gasteiger partial charge in [0.2, 0.25) is 5.91 Å². The molecule has 0 saturated heterocycles. The first kappa shape index (κ1) is 15.9. The maximum absolute atomic E-state index is 11.7. The third-order valence-electron chi connectivity index (χ3n) is 2.60. The van der Waals surface area contributed by atoms with E-state index in [0.29, 0.717) is 5.92 Å². The summed E-state index contributed by atoms with van der Waals surface area (Å²) in [5.74, 6) is 0.256. The van der Waals surface area contributed by atoms with Crippen molar-refractivity contribution < 1.29 is 9.90 Å². The Balaban J connectivity index is 2.54. The van der Waals surface area contributed by atoms with Crippen LogP contribution in [0, 0.1) is 5.92 Å². The second-order valence-electron chi connectivity index (χ2n) is 4.91. The van der Waals surface area contributed by atoms with Crippen LogP contribution >= 0.6 is 15.9 Å². The summed E-state index contributed by atoms with van der Waals surface area (Å²) in [4.78, 5) is 11.7. The highest BCUT2D eigenvalue weighted by Crippen LogP contribution is 2.12. The van der Waals surface area contributed by atoms with Gasteiger partial charge in [0.05, 0.1) is 12.6 Å². The predicted molar refractivity (Wildman–Crippen MR) is 81.6 cm³/mol. The molecule has 2 N–H and O–H groups in total. The second-order valence-corrected chi connectivity index (χ2v) is 5.82. The lowest BCUT2D eigenvalue weighted by atomic mass is 10.0. The predicted octanol–water partition coefficient (Wildman–Crippen LogP) is 2.99. The molecule has 3 nitrogen and oxygen atoms in total. The van der Waals surface area contributed by atoms with E-state index in [2.05, 4.69) is 35.1 Å². The van der Waals surface area contributed by atoms with E-state index in [1.54, 1.807) is 6.08 Å². The van der Waals surface area contributed by atoms with Crippen molar-refractivity contribution in [2.45, 2.75) is 26.3 Å². The summed E-state index contributed by atoms with van der Waals surface area (Å²) >= 11 is 3.38. The number of halogens is 1. The van der Waals surface area contributed by atoms with Crippen molar-refractivity contribution in [3.05, 3.63) is 40.4 Å². The van der Waals surface area contributed by atoms with Crippen LogP contribution < -0.4 is 5.32 Å². The van der Waals surface area contributed by atoms with Crippen LogP contribution in [0.25, 0.3) is 6.08 Å². The summed E-state index contributed by atoms with van der Waals surface area (Å²) in [6.07, 6.45) is 4.02. The number of rotatable bonds is 6. The first-order valence-electron chi connectivity index (χ1n) is 6.36. The fraction of sp³-hybridized carbons (Fsp3) is 0.400. The molecule has 1 amide bonds. The van der Waals surface area contributed by atoms with Crippen LogP contribution in [-0.4, -0.2) is 23.7 Å². The van der Waals surface area contributed by atoms with Crippen LogP contribution in [0.2, 0.25) is 0 Å². The van der Waals surface area contributed by atoms with Crippen molar-refractivity contribution in [2.75, 3.05) is 6.61 Å². The normalized spacial score (nSPS) is 12.9. The Hall–Kier alpha value is -1.13. The molecule has 0 aliphatic carbocycles. The fourth-order valence-electron chi connectivity index (χ4n) is 1.78. The molecular weight excluding hydrogens is 306 g/mol. The van der Waals surface area contributed by atoms with Crippen LogP contribution in [-0.2, 0) is 4.79 Å². The van der Waals surface area contributed by atoms with Crippen molar-refractivity contribution in [1.29, 1.82) is 0 Å². The van der Waals surface area contributed by atoms with Gasteiger partial charge in [-0.05, 0) is 36.1 Å². The van der Waals surface area contributed by atoms with Crippen LogP contribution in [0.4, 0.5) is 0 Å². The Morgan fingerprint density at radius 2 is 2.21 bits per heavy atom. The molecule has 0 aliphatic rings. The molecule has 0 radical (unpaired) electrons. The Kier molecular flexibility index (Phi) is 6.81. The van der Waals surface area contributed by atoms with E-state index >= 15 is 0 Å². The minimum atomic E-state index is -0.181. The molecule has 1 unspecified atom stereocenters. The zero-order valence-electron chi connectivity index (χ0n) is 11.3. The standard InChI is InChI=1S/C15H20BrNO2/c1-11(2)8-14(10-18)17-15(19)7-6-12-4-3-5-13(16)9-12/h3-7,9,11,14,18H,8,10H2,1-2H3,(H,17,19)/b7-6+. The molecule has 1 atom stereocenters. The van der Waals surface area contributed by atoms with E-state index < -0.39 is 0 Å². The van der Waals surface area contributed by atoms with E-state index in [1.807, 2.05) is 24.3 Å². The van der Waals surface area contributed by atoms with Crippen LogP contribution in [0.5, 0.6) is 0 Å². The van der Waals surface area contributed by atoms with Crippen molar-refractivity contribution in [2.24, 2.45) is 5.92 Å². The number of aliphatic hydroxyl groups is 1. The summed E-state index contributed by atoms with van der Waals surface area (Å²) in [6, 6.07) is 7.52. The highest BCUT2D eigenvalue weighted by Gasteiger charge is 2.11. The van der Waals surface area contributed by atoms with Gasteiger partial charge in [0.15, 0.2) is 0 Å². The highest BCUT2D eigenvalue weighted by atomic mass is 79.9. The zero-order valence-corrected chi connectivity index (χ0v) is 12.9. The minimum Gasteiger partial charge on any atom is -0.394 e. The topological polar surface area (TPSA) is 49.3 Å². The molecule has 4 heteroatoms. The monoisotopic (exact) mass is 325 g/mol. The number of hydrogen-bond donors (Lipinski definition) is 2. The SMILES string of the molecule is CC(C)CC(CO)NC(=O)/C=C/c1cccc(Br)c1. The molecule has 0 saturated carbocycles. The van der Waals surface area contributed by atoms with Crippen LogP contribution in [0.15, 0.2) is 34.8 Å². The number of benzene rings is 1. The Morgan fingerprint density at radius 1 is 1.47 bits per heavy atom. The molecule has 0 heterocycles. The quantitative estimate of drug-likeness (QED) is 0.790. The van der Waals surface area contributed by atoms with Gasteiger partial charge in [0, 0.05) is 10.5 Å². The zero-order chi connectivity index (χ0) is 14.3. The Labute approximate surface area is 122 Å². The van der Waals surface area contributed by atoms with Gasteiger partial charge in [0.25, 0.3) is 0 Å². The highest BCUT2D eigenvalue weighted by molar-refractivity contribution is 9.10. The Bertz CT molecular complexity index is 444. The fourth-order valence-corrected chi connectivity index (χ4v) is 2.20. The molecular formula is C15H20BrNO2.